The van der Waals surface area contributed by atoms with Crippen molar-refractivity contribution >= 4 is 26.8 Å². The fourth-order valence-electron chi connectivity index (χ4n) is 2.20. The van der Waals surface area contributed by atoms with Gasteiger partial charge in [-0.05, 0) is 36.4 Å². The molecule has 0 aliphatic heterocycles. The van der Waals surface area contributed by atoms with Crippen LogP contribution < -0.4 is 4.74 Å². The molecular weight excluding hydrogens is 321 g/mol. The Morgan fingerprint density at radius 2 is 1.95 bits per heavy atom. The Balaban J connectivity index is 1.70. The van der Waals surface area contributed by atoms with Crippen LogP contribution in [0.15, 0.2) is 59.2 Å². The maximum absolute atomic E-state index is 13.6. The largest absolute Gasteiger partial charge is 0.492 e. The molecule has 102 valence electrons. The molecule has 3 aromatic rings. The highest BCUT2D eigenvalue weighted by molar-refractivity contribution is 9.10. The second-order valence-electron chi connectivity index (χ2n) is 4.49. The van der Waals surface area contributed by atoms with Crippen LogP contribution in [0.3, 0.4) is 0 Å². The van der Waals surface area contributed by atoms with Crippen molar-refractivity contribution in [3.8, 4) is 5.75 Å². The van der Waals surface area contributed by atoms with E-state index in [0.29, 0.717) is 18.5 Å². The van der Waals surface area contributed by atoms with Gasteiger partial charge in [-0.15, -0.1) is 0 Å². The molecule has 0 spiro atoms. The van der Waals surface area contributed by atoms with E-state index in [1.54, 1.807) is 12.1 Å². The van der Waals surface area contributed by atoms with Crippen LogP contribution >= 0.6 is 15.9 Å². The van der Waals surface area contributed by atoms with E-state index < -0.39 is 0 Å². The number of hydrogen-bond acceptors (Lipinski definition) is 1. The molecule has 0 radical (unpaired) electrons. The molecule has 1 heterocycles. The van der Waals surface area contributed by atoms with Gasteiger partial charge in [0.1, 0.15) is 18.2 Å². The maximum atomic E-state index is 13.6. The zero-order valence-corrected chi connectivity index (χ0v) is 12.3. The highest BCUT2D eigenvalue weighted by Gasteiger charge is 2.05. The molecule has 3 rings (SSSR count). The summed E-state index contributed by atoms with van der Waals surface area (Å²) in [6, 6.07) is 14.6. The van der Waals surface area contributed by atoms with E-state index in [2.05, 4.69) is 15.9 Å². The van der Waals surface area contributed by atoms with Crippen molar-refractivity contribution in [1.82, 2.24) is 4.57 Å². The van der Waals surface area contributed by atoms with Crippen molar-refractivity contribution < 1.29 is 9.13 Å². The first-order chi connectivity index (χ1) is 9.74. The lowest BCUT2D eigenvalue weighted by atomic mass is 10.2. The van der Waals surface area contributed by atoms with Crippen LogP contribution in [0, 0.1) is 5.82 Å². The van der Waals surface area contributed by atoms with Gasteiger partial charge in [0.05, 0.1) is 12.1 Å². The van der Waals surface area contributed by atoms with Crippen LogP contribution in [0.2, 0.25) is 0 Å². The summed E-state index contributed by atoms with van der Waals surface area (Å²) in [7, 11) is 0. The van der Waals surface area contributed by atoms with Crippen LogP contribution in [0.4, 0.5) is 4.39 Å². The molecule has 0 saturated carbocycles. The third-order valence-corrected chi connectivity index (χ3v) is 3.65. The molecule has 0 saturated heterocycles. The third kappa shape index (κ3) is 2.70. The molecule has 0 amide bonds. The predicted molar refractivity (Wildman–Crippen MR) is 81.5 cm³/mol. The Morgan fingerprint density at radius 1 is 1.10 bits per heavy atom. The van der Waals surface area contributed by atoms with Crippen molar-refractivity contribution in [3.05, 3.63) is 65.0 Å². The minimum Gasteiger partial charge on any atom is -0.492 e. The standard InChI is InChI=1S/C16H13BrFNO/c17-12-3-1-4-13(11-12)20-10-9-19-8-7-14-15(18)5-2-6-16(14)19/h1-8,11H,9-10H2. The molecule has 20 heavy (non-hydrogen) atoms. The Kier molecular flexibility index (Phi) is 3.74. The first-order valence-corrected chi connectivity index (χ1v) is 7.15. The molecule has 2 aromatic carbocycles. The lowest BCUT2D eigenvalue weighted by Crippen LogP contribution is -2.07. The number of hydrogen-bond donors (Lipinski definition) is 0. The van der Waals surface area contributed by atoms with Crippen LogP contribution in [-0.4, -0.2) is 11.2 Å². The number of aromatic nitrogens is 1. The zero-order valence-electron chi connectivity index (χ0n) is 10.7. The minimum absolute atomic E-state index is 0.186. The summed E-state index contributed by atoms with van der Waals surface area (Å²) in [6.07, 6.45) is 1.89. The highest BCUT2D eigenvalue weighted by atomic mass is 79.9. The van der Waals surface area contributed by atoms with E-state index >= 15 is 0 Å². The number of fused-ring (bicyclic) bond motifs is 1. The Hall–Kier alpha value is -1.81. The molecule has 1 aromatic heterocycles. The number of rotatable bonds is 4. The molecule has 4 heteroatoms. The number of halogens is 2. The first kappa shape index (κ1) is 13.2. The second-order valence-corrected chi connectivity index (χ2v) is 5.40. The van der Waals surface area contributed by atoms with Gasteiger partial charge in [-0.25, -0.2) is 4.39 Å². The zero-order chi connectivity index (χ0) is 13.9. The van der Waals surface area contributed by atoms with Gasteiger partial charge >= 0.3 is 0 Å². The molecule has 0 fully saturated rings. The summed E-state index contributed by atoms with van der Waals surface area (Å²) < 4.78 is 22.3. The summed E-state index contributed by atoms with van der Waals surface area (Å²) in [6.45, 7) is 1.22. The summed E-state index contributed by atoms with van der Waals surface area (Å²) >= 11 is 3.41. The van der Waals surface area contributed by atoms with Crippen LogP contribution in [0.1, 0.15) is 0 Å². The maximum Gasteiger partial charge on any atom is 0.132 e. The van der Waals surface area contributed by atoms with Crippen molar-refractivity contribution in [3.63, 3.8) is 0 Å². The summed E-state index contributed by atoms with van der Waals surface area (Å²) in [5.41, 5.74) is 0.892. The van der Waals surface area contributed by atoms with E-state index in [4.69, 9.17) is 4.74 Å². The molecule has 0 unspecified atom stereocenters. The molecular formula is C16H13BrFNO. The fourth-order valence-corrected chi connectivity index (χ4v) is 2.58. The molecule has 0 aliphatic rings. The van der Waals surface area contributed by atoms with Crippen molar-refractivity contribution in [2.24, 2.45) is 0 Å². The number of benzene rings is 2. The molecule has 0 atom stereocenters. The van der Waals surface area contributed by atoms with E-state index in [-0.39, 0.29) is 5.82 Å². The van der Waals surface area contributed by atoms with Gasteiger partial charge < -0.3 is 9.30 Å². The lowest BCUT2D eigenvalue weighted by Gasteiger charge is -2.08. The Bertz CT molecular complexity index is 738. The van der Waals surface area contributed by atoms with Crippen LogP contribution in [-0.2, 0) is 6.54 Å². The molecule has 0 aliphatic carbocycles. The fraction of sp³-hybridized carbons (Fsp3) is 0.125. The van der Waals surface area contributed by atoms with Crippen molar-refractivity contribution in [2.45, 2.75) is 6.54 Å². The summed E-state index contributed by atoms with van der Waals surface area (Å²) in [5.74, 6) is 0.635. The third-order valence-electron chi connectivity index (χ3n) is 3.16. The first-order valence-electron chi connectivity index (χ1n) is 6.36. The highest BCUT2D eigenvalue weighted by Crippen LogP contribution is 2.20. The normalized spacial score (nSPS) is 10.9. The molecule has 2 nitrogen and oxygen atoms in total. The minimum atomic E-state index is -0.186. The number of ether oxygens (including phenoxy) is 1. The molecule has 0 bridgehead atoms. The quantitative estimate of drug-likeness (QED) is 0.679. The average Bonchev–Trinajstić information content (AvgIpc) is 2.84. The second kappa shape index (κ2) is 5.67. The van der Waals surface area contributed by atoms with Crippen LogP contribution in [0.5, 0.6) is 5.75 Å². The van der Waals surface area contributed by atoms with Gasteiger partial charge in [-0.2, -0.15) is 0 Å². The monoisotopic (exact) mass is 333 g/mol. The Labute approximate surface area is 124 Å². The van der Waals surface area contributed by atoms with Gasteiger partial charge in [0, 0.05) is 16.1 Å². The van der Waals surface area contributed by atoms with E-state index in [9.17, 15) is 4.39 Å². The van der Waals surface area contributed by atoms with E-state index in [0.717, 1.165) is 15.7 Å². The predicted octanol–water partition coefficient (Wildman–Crippen LogP) is 4.62. The number of nitrogens with zero attached hydrogens (tertiary/aromatic N) is 1. The summed E-state index contributed by atoms with van der Waals surface area (Å²) in [5, 5.41) is 0.648. The molecule has 0 N–H and O–H groups in total. The Morgan fingerprint density at radius 3 is 2.80 bits per heavy atom. The van der Waals surface area contributed by atoms with Crippen molar-refractivity contribution in [1.29, 1.82) is 0 Å². The van der Waals surface area contributed by atoms with Crippen molar-refractivity contribution in [2.75, 3.05) is 6.61 Å². The van der Waals surface area contributed by atoms with Gasteiger partial charge in [0.2, 0.25) is 0 Å². The van der Waals surface area contributed by atoms with Crippen LogP contribution in [0.25, 0.3) is 10.9 Å². The van der Waals surface area contributed by atoms with Gasteiger partial charge in [0.25, 0.3) is 0 Å². The van der Waals surface area contributed by atoms with Gasteiger partial charge in [-0.1, -0.05) is 28.1 Å². The lowest BCUT2D eigenvalue weighted by molar-refractivity contribution is 0.300. The average molecular weight is 334 g/mol. The smallest absolute Gasteiger partial charge is 0.132 e. The van der Waals surface area contributed by atoms with Gasteiger partial charge in [0.15, 0.2) is 0 Å². The SMILES string of the molecule is Fc1cccc2c1ccn2CCOc1cccc(Br)c1. The van der Waals surface area contributed by atoms with E-state index in [1.165, 1.54) is 6.07 Å². The summed E-state index contributed by atoms with van der Waals surface area (Å²) in [4.78, 5) is 0. The van der Waals surface area contributed by atoms with Gasteiger partial charge in [-0.3, -0.25) is 0 Å². The van der Waals surface area contributed by atoms with E-state index in [1.807, 2.05) is 41.1 Å². The topological polar surface area (TPSA) is 14.2 Å².